The summed E-state index contributed by atoms with van der Waals surface area (Å²) in [6, 6.07) is 11.8. The van der Waals surface area contributed by atoms with Crippen molar-refractivity contribution in [2.75, 3.05) is 7.05 Å². The fourth-order valence-corrected chi connectivity index (χ4v) is 4.41. The molecule has 4 nitrogen and oxygen atoms in total. The lowest BCUT2D eigenvalue weighted by molar-refractivity contribution is -0.274. The quantitative estimate of drug-likeness (QED) is 0.788. The van der Waals surface area contributed by atoms with Crippen LogP contribution in [0.5, 0.6) is 5.75 Å². The van der Waals surface area contributed by atoms with Crippen LogP contribution < -0.4 is 10.1 Å². The minimum absolute atomic E-state index is 0.142. The number of benzene rings is 2. The van der Waals surface area contributed by atoms with Crippen LogP contribution in [-0.2, 0) is 16.8 Å². The maximum Gasteiger partial charge on any atom is 0.573 e. The van der Waals surface area contributed by atoms with E-state index in [0.29, 0.717) is 24.2 Å². The molecule has 0 aromatic heterocycles. The summed E-state index contributed by atoms with van der Waals surface area (Å²) >= 11 is 0. The van der Waals surface area contributed by atoms with Crippen LogP contribution in [0.15, 0.2) is 47.5 Å². The van der Waals surface area contributed by atoms with Crippen LogP contribution in [0.3, 0.4) is 0 Å². The number of nitrogens with one attached hydrogen (secondary N) is 1. The minimum Gasteiger partial charge on any atom is -0.406 e. The van der Waals surface area contributed by atoms with Crippen LogP contribution in [0.25, 0.3) is 11.1 Å². The zero-order valence-electron chi connectivity index (χ0n) is 16.0. The highest BCUT2D eigenvalue weighted by Crippen LogP contribution is 2.42. The number of carbonyl (C=O) groups excluding carboxylic acids is 1. The zero-order chi connectivity index (χ0) is 20.6. The number of aliphatic imine (C=N–C) groups is 1. The van der Waals surface area contributed by atoms with Gasteiger partial charge in [-0.05, 0) is 59.7 Å². The fraction of sp³-hybridized carbons (Fsp3) is 0.364. The molecule has 2 aliphatic rings. The number of aryl methyl sites for hydroxylation is 1. The largest absolute Gasteiger partial charge is 0.573 e. The van der Waals surface area contributed by atoms with E-state index in [9.17, 15) is 18.0 Å². The number of rotatable bonds is 2. The van der Waals surface area contributed by atoms with E-state index in [4.69, 9.17) is 0 Å². The molecule has 0 unspecified atom stereocenters. The molecule has 7 heteroatoms. The standard InChI is InChI=1S/C22H21F3N2O2/c1-26-20-12-17(28)13-21(27-20)9-3-5-14-7-8-16(11-19(14)21)15-4-2-6-18(10-15)29-22(23,24)25/h2,4,6-8,10-11H,3,5,9,12-13H2,1H3,(H,26,27)/t21-/m0/s1. The number of Topliss-reactive ketones (excluding diaryl/α,β-unsaturated/α-hetero) is 1. The smallest absolute Gasteiger partial charge is 0.406 e. The second kappa shape index (κ2) is 7.21. The second-order valence-corrected chi connectivity index (χ2v) is 7.57. The van der Waals surface area contributed by atoms with E-state index < -0.39 is 11.9 Å². The van der Waals surface area contributed by atoms with Crippen molar-refractivity contribution in [2.45, 2.75) is 44.0 Å². The van der Waals surface area contributed by atoms with Crippen molar-refractivity contribution >= 4 is 11.6 Å². The monoisotopic (exact) mass is 402 g/mol. The van der Waals surface area contributed by atoms with Crippen molar-refractivity contribution in [1.29, 1.82) is 0 Å². The Morgan fingerprint density at radius 3 is 2.69 bits per heavy atom. The number of carbonyl (C=O) groups is 1. The average molecular weight is 402 g/mol. The maximum absolute atomic E-state index is 12.6. The van der Waals surface area contributed by atoms with Gasteiger partial charge in [-0.3, -0.25) is 9.79 Å². The van der Waals surface area contributed by atoms with Crippen molar-refractivity contribution in [3.05, 3.63) is 53.6 Å². The molecule has 0 amide bonds. The highest BCUT2D eigenvalue weighted by atomic mass is 19.4. The number of halogens is 3. The number of fused-ring (bicyclic) bond motifs is 2. The molecular formula is C22H21F3N2O2. The van der Waals surface area contributed by atoms with Gasteiger partial charge >= 0.3 is 6.36 Å². The molecule has 1 heterocycles. The zero-order valence-corrected chi connectivity index (χ0v) is 16.0. The highest BCUT2D eigenvalue weighted by Gasteiger charge is 2.42. The summed E-state index contributed by atoms with van der Waals surface area (Å²) in [5, 5.41) is 3.48. The van der Waals surface area contributed by atoms with Crippen LogP contribution in [0.2, 0.25) is 0 Å². The van der Waals surface area contributed by atoms with Gasteiger partial charge in [0.2, 0.25) is 0 Å². The Hall–Kier alpha value is -2.83. The third-order valence-electron chi connectivity index (χ3n) is 5.59. The number of ketones is 1. The summed E-state index contributed by atoms with van der Waals surface area (Å²) in [4.78, 5) is 16.6. The molecule has 1 aliphatic carbocycles. The summed E-state index contributed by atoms with van der Waals surface area (Å²) in [7, 11) is 1.67. The third-order valence-corrected chi connectivity index (χ3v) is 5.59. The van der Waals surface area contributed by atoms with Gasteiger partial charge in [0.1, 0.15) is 17.4 Å². The Bertz CT molecular complexity index is 984. The predicted octanol–water partition coefficient (Wildman–Crippen LogP) is 4.76. The van der Waals surface area contributed by atoms with Crippen LogP contribution in [0.4, 0.5) is 13.2 Å². The molecule has 0 saturated carbocycles. The van der Waals surface area contributed by atoms with E-state index in [1.165, 1.54) is 18.2 Å². The lowest BCUT2D eigenvalue weighted by Crippen LogP contribution is -2.53. The molecule has 29 heavy (non-hydrogen) atoms. The highest BCUT2D eigenvalue weighted by molar-refractivity contribution is 6.04. The van der Waals surface area contributed by atoms with Crippen molar-refractivity contribution in [3.63, 3.8) is 0 Å². The molecule has 1 N–H and O–H groups in total. The number of piperidine rings is 1. The van der Waals surface area contributed by atoms with Crippen molar-refractivity contribution in [1.82, 2.24) is 5.32 Å². The van der Waals surface area contributed by atoms with E-state index in [1.807, 2.05) is 18.2 Å². The first-order valence-electron chi connectivity index (χ1n) is 9.53. The molecule has 1 spiro atoms. The Kier molecular flexibility index (Phi) is 4.84. The number of nitrogens with zero attached hydrogens (tertiary/aromatic N) is 1. The van der Waals surface area contributed by atoms with Gasteiger partial charge in [0.15, 0.2) is 0 Å². The lowest BCUT2D eigenvalue weighted by atomic mass is 9.71. The SMILES string of the molecule is CN=C1CC(=O)C[C@]2(CCCc3ccc(-c4cccc(OC(F)(F)F)c4)cc32)N1. The summed E-state index contributed by atoms with van der Waals surface area (Å²) in [5.41, 5.74) is 3.08. The van der Waals surface area contributed by atoms with Gasteiger partial charge in [-0.1, -0.05) is 24.3 Å². The molecule has 1 atom stereocenters. The first-order valence-corrected chi connectivity index (χ1v) is 9.53. The molecular weight excluding hydrogens is 381 g/mol. The van der Waals surface area contributed by atoms with Crippen molar-refractivity contribution in [3.8, 4) is 16.9 Å². The first kappa shape index (κ1) is 19.5. The third kappa shape index (κ3) is 3.99. The Balaban J connectivity index is 1.75. The van der Waals surface area contributed by atoms with E-state index in [1.54, 1.807) is 13.1 Å². The van der Waals surface area contributed by atoms with Crippen molar-refractivity contribution in [2.24, 2.45) is 4.99 Å². The molecule has 0 radical (unpaired) electrons. The second-order valence-electron chi connectivity index (χ2n) is 7.57. The average Bonchev–Trinajstić information content (AvgIpc) is 2.66. The van der Waals surface area contributed by atoms with Gasteiger partial charge in [-0.2, -0.15) is 0 Å². The topological polar surface area (TPSA) is 50.7 Å². The van der Waals surface area contributed by atoms with Gasteiger partial charge in [-0.25, -0.2) is 0 Å². The number of hydrogen-bond donors (Lipinski definition) is 1. The number of alkyl halides is 3. The molecule has 152 valence electrons. The van der Waals surface area contributed by atoms with Gasteiger partial charge in [0, 0.05) is 13.5 Å². The molecule has 2 aromatic rings. The Morgan fingerprint density at radius 2 is 1.93 bits per heavy atom. The minimum atomic E-state index is -4.74. The molecule has 4 rings (SSSR count). The summed E-state index contributed by atoms with van der Waals surface area (Å²) in [6.07, 6.45) is -1.36. The van der Waals surface area contributed by atoms with Gasteiger partial charge in [-0.15, -0.1) is 13.2 Å². The van der Waals surface area contributed by atoms with Crippen molar-refractivity contribution < 1.29 is 22.7 Å². The predicted molar refractivity (Wildman–Crippen MR) is 104 cm³/mol. The first-order chi connectivity index (χ1) is 13.8. The Morgan fingerprint density at radius 1 is 1.14 bits per heavy atom. The molecule has 0 bridgehead atoms. The molecule has 1 fully saturated rings. The summed E-state index contributed by atoms with van der Waals surface area (Å²) in [5.74, 6) is 0.567. The number of ether oxygens (including phenoxy) is 1. The van der Waals surface area contributed by atoms with E-state index in [2.05, 4.69) is 15.0 Å². The van der Waals surface area contributed by atoms with Crippen LogP contribution in [0, 0.1) is 0 Å². The van der Waals surface area contributed by atoms with E-state index >= 15 is 0 Å². The molecule has 2 aromatic carbocycles. The van der Waals surface area contributed by atoms with Crippen LogP contribution >= 0.6 is 0 Å². The molecule has 1 saturated heterocycles. The fourth-order valence-electron chi connectivity index (χ4n) is 4.41. The maximum atomic E-state index is 12.6. The van der Waals surface area contributed by atoms with Crippen LogP contribution in [-0.4, -0.2) is 25.0 Å². The summed E-state index contributed by atoms with van der Waals surface area (Å²) in [6.45, 7) is 0. The number of hydrogen-bond acceptors (Lipinski definition) is 3. The van der Waals surface area contributed by atoms with E-state index in [-0.39, 0.29) is 11.5 Å². The van der Waals surface area contributed by atoms with Gasteiger partial charge in [0.05, 0.1) is 12.0 Å². The van der Waals surface area contributed by atoms with Crippen LogP contribution in [0.1, 0.15) is 36.8 Å². The van der Waals surface area contributed by atoms with Gasteiger partial charge in [0.25, 0.3) is 0 Å². The number of amidine groups is 1. The van der Waals surface area contributed by atoms with E-state index in [0.717, 1.165) is 36.0 Å². The normalized spacial score (nSPS) is 23.0. The summed E-state index contributed by atoms with van der Waals surface area (Å²) < 4.78 is 41.8. The lowest BCUT2D eigenvalue weighted by Gasteiger charge is -2.43. The molecule has 1 aliphatic heterocycles. The van der Waals surface area contributed by atoms with Gasteiger partial charge < -0.3 is 10.1 Å². The Labute approximate surface area is 166 Å².